The molecule has 8 heteroatoms. The second-order valence-electron chi connectivity index (χ2n) is 8.51. The minimum absolute atomic E-state index is 0.0453. The van der Waals surface area contributed by atoms with Crippen molar-refractivity contribution in [3.05, 3.63) is 59.2 Å². The smallest absolute Gasteiger partial charge is 0.260 e. The molecule has 0 spiro atoms. The third-order valence-corrected chi connectivity index (χ3v) is 6.44. The Morgan fingerprint density at radius 2 is 1.77 bits per heavy atom. The Bertz CT molecular complexity index is 934. The van der Waals surface area contributed by atoms with Gasteiger partial charge >= 0.3 is 0 Å². The highest BCUT2D eigenvalue weighted by atomic mass is 16.5. The van der Waals surface area contributed by atoms with E-state index in [0.717, 1.165) is 38.0 Å². The summed E-state index contributed by atoms with van der Waals surface area (Å²) < 4.78 is 0.633. The van der Waals surface area contributed by atoms with Crippen molar-refractivity contribution >= 4 is 17.5 Å². The molecule has 2 N–H and O–H groups in total. The molecule has 8 nitrogen and oxygen atoms in total. The highest BCUT2D eigenvalue weighted by Gasteiger charge is 2.34. The number of anilines is 1. The Morgan fingerprint density at radius 3 is 2.45 bits per heavy atom. The summed E-state index contributed by atoms with van der Waals surface area (Å²) in [5.41, 5.74) is 7.09. The van der Waals surface area contributed by atoms with Gasteiger partial charge in [-0.25, -0.2) is 4.98 Å². The molecule has 0 radical (unpaired) electrons. The van der Waals surface area contributed by atoms with Crippen LogP contribution in [-0.4, -0.2) is 52.7 Å². The van der Waals surface area contributed by atoms with Crippen LogP contribution in [0.5, 0.6) is 0 Å². The lowest BCUT2D eigenvalue weighted by Crippen LogP contribution is -2.47. The summed E-state index contributed by atoms with van der Waals surface area (Å²) in [4.78, 5) is 34.0. The van der Waals surface area contributed by atoms with Gasteiger partial charge in [-0.05, 0) is 62.5 Å². The number of nitrogens with zero attached hydrogens (tertiary/aromatic N) is 4. The largest absolute Gasteiger partial charge is 0.618 e. The zero-order chi connectivity index (χ0) is 21.8. The van der Waals surface area contributed by atoms with Crippen LogP contribution in [0, 0.1) is 17.0 Å². The number of amides is 1. The molecule has 2 aliphatic heterocycles. The number of carbonyl (C=O) groups excluding carboxylic acids is 2. The van der Waals surface area contributed by atoms with Crippen LogP contribution in [0.1, 0.15) is 41.7 Å². The standard InChI is InChI=1S/C23H29N5O3/c24-21-15-17(4-9-25-21)16-26-11-5-19(6-12-26)23(30)27-13-7-18(8-14-27)22(29)20-3-1-2-10-28(20)31/h1-4,9-10,15,18-19H,5-8,11-14,16H2,(H2,24,25). The van der Waals surface area contributed by atoms with Crippen LogP contribution in [0.3, 0.4) is 0 Å². The van der Waals surface area contributed by atoms with Crippen LogP contribution >= 0.6 is 0 Å². The number of pyridine rings is 2. The zero-order valence-corrected chi connectivity index (χ0v) is 17.7. The number of piperidine rings is 2. The van der Waals surface area contributed by atoms with Gasteiger partial charge in [-0.1, -0.05) is 0 Å². The molecule has 164 valence electrons. The van der Waals surface area contributed by atoms with Gasteiger partial charge < -0.3 is 15.8 Å². The number of hydrogen-bond donors (Lipinski definition) is 1. The summed E-state index contributed by atoms with van der Waals surface area (Å²) in [6.45, 7) is 3.74. The predicted octanol–water partition coefficient (Wildman–Crippen LogP) is 1.63. The van der Waals surface area contributed by atoms with Gasteiger partial charge in [0.2, 0.25) is 11.7 Å². The van der Waals surface area contributed by atoms with Crippen molar-refractivity contribution < 1.29 is 14.3 Å². The first-order valence-corrected chi connectivity index (χ1v) is 10.9. The number of Topliss-reactive ketones (excluding diaryl/α,β-unsaturated/α-hetero) is 1. The average Bonchev–Trinajstić information content (AvgIpc) is 2.79. The second kappa shape index (κ2) is 9.43. The highest BCUT2D eigenvalue weighted by Crippen LogP contribution is 2.26. The summed E-state index contributed by atoms with van der Waals surface area (Å²) in [7, 11) is 0. The normalized spacial score (nSPS) is 18.8. The number of hydrogen-bond acceptors (Lipinski definition) is 6. The van der Waals surface area contributed by atoms with Gasteiger partial charge in [0.05, 0.1) is 0 Å². The van der Waals surface area contributed by atoms with E-state index in [1.165, 1.54) is 6.20 Å². The van der Waals surface area contributed by atoms with Crippen molar-refractivity contribution in [2.75, 3.05) is 31.9 Å². The van der Waals surface area contributed by atoms with E-state index in [9.17, 15) is 14.8 Å². The lowest BCUT2D eigenvalue weighted by molar-refractivity contribution is -0.607. The number of rotatable bonds is 5. The molecule has 4 rings (SSSR count). The van der Waals surface area contributed by atoms with Gasteiger partial charge in [-0.15, -0.1) is 0 Å². The molecule has 2 aliphatic rings. The number of nitrogens with two attached hydrogens (primary N) is 1. The molecule has 0 aliphatic carbocycles. The van der Waals surface area contributed by atoms with Crippen LogP contribution in [0.15, 0.2) is 42.7 Å². The monoisotopic (exact) mass is 423 g/mol. The van der Waals surface area contributed by atoms with E-state index in [0.29, 0.717) is 36.5 Å². The minimum atomic E-state index is -0.193. The third kappa shape index (κ3) is 5.02. The first-order valence-electron chi connectivity index (χ1n) is 10.9. The number of ketones is 1. The minimum Gasteiger partial charge on any atom is -0.618 e. The molecule has 31 heavy (non-hydrogen) atoms. The van der Waals surface area contributed by atoms with Gasteiger partial charge in [-0.3, -0.25) is 14.5 Å². The summed E-state index contributed by atoms with van der Waals surface area (Å²) in [6, 6.07) is 8.76. The summed E-state index contributed by atoms with van der Waals surface area (Å²) >= 11 is 0. The van der Waals surface area contributed by atoms with E-state index >= 15 is 0 Å². The van der Waals surface area contributed by atoms with Crippen molar-refractivity contribution in [3.63, 3.8) is 0 Å². The van der Waals surface area contributed by atoms with Crippen LogP contribution in [-0.2, 0) is 11.3 Å². The Hall–Kier alpha value is -3.00. The van der Waals surface area contributed by atoms with Crippen LogP contribution < -0.4 is 10.5 Å². The Morgan fingerprint density at radius 1 is 1.06 bits per heavy atom. The molecule has 4 heterocycles. The van der Waals surface area contributed by atoms with Crippen molar-refractivity contribution in [1.82, 2.24) is 14.8 Å². The Kier molecular flexibility index (Phi) is 6.46. The van der Waals surface area contributed by atoms with E-state index in [2.05, 4.69) is 9.88 Å². The van der Waals surface area contributed by atoms with Crippen molar-refractivity contribution in [3.8, 4) is 0 Å². The lowest BCUT2D eigenvalue weighted by Gasteiger charge is -2.37. The first kappa shape index (κ1) is 21.2. The maximum atomic E-state index is 13.0. The van der Waals surface area contributed by atoms with E-state index in [4.69, 9.17) is 5.73 Å². The fourth-order valence-electron chi connectivity index (χ4n) is 4.64. The van der Waals surface area contributed by atoms with Crippen LogP contribution in [0.4, 0.5) is 5.82 Å². The molecule has 0 unspecified atom stereocenters. The maximum absolute atomic E-state index is 13.0. The average molecular weight is 424 g/mol. The van der Waals surface area contributed by atoms with Crippen LogP contribution in [0.25, 0.3) is 0 Å². The van der Waals surface area contributed by atoms with Crippen molar-refractivity contribution in [1.29, 1.82) is 0 Å². The van der Waals surface area contributed by atoms with E-state index in [-0.39, 0.29) is 29.2 Å². The molecule has 0 atom stereocenters. The molecule has 2 saturated heterocycles. The fourth-order valence-corrected chi connectivity index (χ4v) is 4.64. The highest BCUT2D eigenvalue weighted by molar-refractivity contribution is 5.95. The SMILES string of the molecule is Nc1cc(CN2CCC(C(=O)N3CCC(C(=O)c4cccc[n+]4[O-])CC3)CC2)ccn1. The number of nitrogen functional groups attached to an aromatic ring is 1. The number of likely N-dealkylation sites (tertiary alicyclic amines) is 2. The number of carbonyl (C=O) groups is 2. The summed E-state index contributed by atoms with van der Waals surface area (Å²) in [6.07, 6.45) is 5.99. The quantitative estimate of drug-likeness (QED) is 0.445. The molecular weight excluding hydrogens is 394 g/mol. The molecule has 0 aromatic carbocycles. The van der Waals surface area contributed by atoms with Gasteiger partial charge in [0.25, 0.3) is 5.69 Å². The number of aromatic nitrogens is 2. The fraction of sp³-hybridized carbons (Fsp3) is 0.478. The van der Waals surface area contributed by atoms with Crippen molar-refractivity contribution in [2.24, 2.45) is 11.8 Å². The summed E-state index contributed by atoms with van der Waals surface area (Å²) in [5, 5.41) is 11.9. The Balaban J connectivity index is 1.25. The third-order valence-electron chi connectivity index (χ3n) is 6.44. The topological polar surface area (TPSA) is 106 Å². The molecule has 1 amide bonds. The van der Waals surface area contributed by atoms with Gasteiger partial charge in [0.15, 0.2) is 6.20 Å². The van der Waals surface area contributed by atoms with E-state index in [1.807, 2.05) is 17.0 Å². The lowest BCUT2D eigenvalue weighted by atomic mass is 9.89. The molecule has 2 aromatic rings. The maximum Gasteiger partial charge on any atom is 0.260 e. The first-order chi connectivity index (χ1) is 15.0. The van der Waals surface area contributed by atoms with Gasteiger partial charge in [-0.2, -0.15) is 4.73 Å². The zero-order valence-electron chi connectivity index (χ0n) is 17.7. The van der Waals surface area contributed by atoms with E-state index < -0.39 is 0 Å². The molecule has 2 aromatic heterocycles. The Labute approximate surface area is 182 Å². The van der Waals surface area contributed by atoms with E-state index in [1.54, 1.807) is 24.4 Å². The predicted molar refractivity (Wildman–Crippen MR) is 116 cm³/mol. The molecular formula is C23H29N5O3. The summed E-state index contributed by atoms with van der Waals surface area (Å²) in [5.74, 6) is 0.470. The molecule has 2 fully saturated rings. The van der Waals surface area contributed by atoms with Crippen LogP contribution in [0.2, 0.25) is 0 Å². The van der Waals surface area contributed by atoms with Crippen molar-refractivity contribution in [2.45, 2.75) is 32.2 Å². The van der Waals surface area contributed by atoms with Gasteiger partial charge in [0.1, 0.15) is 5.82 Å². The molecule has 0 saturated carbocycles. The van der Waals surface area contributed by atoms with Gasteiger partial charge in [0, 0.05) is 49.8 Å². The molecule has 0 bridgehead atoms. The second-order valence-corrected chi connectivity index (χ2v) is 8.51.